The summed E-state index contributed by atoms with van der Waals surface area (Å²) >= 11 is 0. The first-order chi connectivity index (χ1) is 13.9. The zero-order chi connectivity index (χ0) is 21.0. The minimum absolute atomic E-state index is 0.0741. The van der Waals surface area contributed by atoms with E-state index in [1.807, 2.05) is 49.4 Å². The summed E-state index contributed by atoms with van der Waals surface area (Å²) in [5.74, 6) is 0.809. The first-order valence-electron chi connectivity index (χ1n) is 10.5. The summed E-state index contributed by atoms with van der Waals surface area (Å²) < 4.78 is 2.16. The van der Waals surface area contributed by atoms with Gasteiger partial charge in [0.1, 0.15) is 5.82 Å². The molecule has 1 atom stereocenters. The third-order valence-corrected chi connectivity index (χ3v) is 5.47. The van der Waals surface area contributed by atoms with Gasteiger partial charge in [-0.15, -0.1) is 0 Å². The highest BCUT2D eigenvalue weighted by atomic mass is 16.1. The maximum atomic E-state index is 12.8. The molecule has 0 spiro atoms. The van der Waals surface area contributed by atoms with Crippen LogP contribution in [-0.4, -0.2) is 32.9 Å². The van der Waals surface area contributed by atoms with E-state index in [4.69, 9.17) is 4.98 Å². The van der Waals surface area contributed by atoms with Crippen molar-refractivity contribution >= 4 is 16.9 Å². The molecule has 0 bridgehead atoms. The number of nitrogens with one attached hydrogen (secondary N) is 1. The van der Waals surface area contributed by atoms with E-state index in [0.717, 1.165) is 36.5 Å². The van der Waals surface area contributed by atoms with Gasteiger partial charge in [0.2, 0.25) is 0 Å². The van der Waals surface area contributed by atoms with Crippen LogP contribution in [0.4, 0.5) is 0 Å². The Labute approximate surface area is 173 Å². The van der Waals surface area contributed by atoms with Crippen molar-refractivity contribution in [3.05, 3.63) is 65.5 Å². The SMILES string of the molecule is CCN(Cc1ccc(C(=O)NC(C)c2nc3ccccc3n2CC)cc1)C(C)C. The standard InChI is InChI=1S/C24H32N4O/c1-6-27(17(3)4)16-19-12-14-20(15-13-19)24(29)25-18(5)23-26-21-10-8-9-11-22(21)28(23)7-2/h8-15,17-18H,6-7,16H2,1-5H3,(H,25,29). The molecular weight excluding hydrogens is 360 g/mol. The fourth-order valence-electron chi connectivity index (χ4n) is 3.76. The summed E-state index contributed by atoms with van der Waals surface area (Å²) in [7, 11) is 0. The van der Waals surface area contributed by atoms with Crippen molar-refractivity contribution in [1.82, 2.24) is 19.8 Å². The summed E-state index contributed by atoms with van der Waals surface area (Å²) in [4.78, 5) is 19.9. The third kappa shape index (κ3) is 4.67. The number of hydrogen-bond acceptors (Lipinski definition) is 3. The first kappa shape index (κ1) is 21.1. The molecule has 0 aliphatic carbocycles. The maximum Gasteiger partial charge on any atom is 0.251 e. The van der Waals surface area contributed by atoms with Crippen LogP contribution in [0.3, 0.4) is 0 Å². The minimum atomic E-state index is -0.175. The summed E-state index contributed by atoms with van der Waals surface area (Å²) in [6, 6.07) is 16.3. The van der Waals surface area contributed by atoms with Crippen molar-refractivity contribution in [2.75, 3.05) is 6.54 Å². The van der Waals surface area contributed by atoms with Crippen molar-refractivity contribution < 1.29 is 4.79 Å². The van der Waals surface area contributed by atoms with Gasteiger partial charge in [-0.3, -0.25) is 9.69 Å². The van der Waals surface area contributed by atoms with Crippen LogP contribution in [0.2, 0.25) is 0 Å². The largest absolute Gasteiger partial charge is 0.342 e. The lowest BCUT2D eigenvalue weighted by atomic mass is 10.1. The van der Waals surface area contributed by atoms with Crippen LogP contribution in [0.5, 0.6) is 0 Å². The van der Waals surface area contributed by atoms with Gasteiger partial charge in [-0.2, -0.15) is 0 Å². The molecule has 1 unspecified atom stereocenters. The number of aromatic nitrogens is 2. The molecule has 0 aliphatic heterocycles. The molecule has 2 aromatic carbocycles. The molecule has 5 heteroatoms. The maximum absolute atomic E-state index is 12.8. The number of benzene rings is 2. The molecule has 0 saturated carbocycles. The Morgan fingerprint density at radius 2 is 1.76 bits per heavy atom. The normalized spacial score (nSPS) is 12.7. The van der Waals surface area contributed by atoms with Gasteiger partial charge in [-0.05, 0) is 64.1 Å². The molecule has 1 amide bonds. The highest BCUT2D eigenvalue weighted by molar-refractivity contribution is 5.94. The van der Waals surface area contributed by atoms with Crippen molar-refractivity contribution in [1.29, 1.82) is 0 Å². The molecule has 29 heavy (non-hydrogen) atoms. The van der Waals surface area contributed by atoms with Gasteiger partial charge in [-0.25, -0.2) is 4.98 Å². The lowest BCUT2D eigenvalue weighted by molar-refractivity contribution is 0.0937. The molecule has 0 radical (unpaired) electrons. The predicted molar refractivity (Wildman–Crippen MR) is 119 cm³/mol. The average molecular weight is 393 g/mol. The number of para-hydroxylation sites is 2. The average Bonchev–Trinajstić information content (AvgIpc) is 3.11. The Morgan fingerprint density at radius 1 is 1.07 bits per heavy atom. The van der Waals surface area contributed by atoms with E-state index >= 15 is 0 Å². The minimum Gasteiger partial charge on any atom is -0.342 e. The third-order valence-electron chi connectivity index (χ3n) is 5.47. The zero-order valence-electron chi connectivity index (χ0n) is 18.1. The van der Waals surface area contributed by atoms with Gasteiger partial charge >= 0.3 is 0 Å². The van der Waals surface area contributed by atoms with Gasteiger partial charge in [0.25, 0.3) is 5.91 Å². The predicted octanol–water partition coefficient (Wildman–Crippen LogP) is 4.78. The van der Waals surface area contributed by atoms with Gasteiger partial charge < -0.3 is 9.88 Å². The van der Waals surface area contributed by atoms with Crippen LogP contribution in [0.25, 0.3) is 11.0 Å². The van der Waals surface area contributed by atoms with E-state index in [1.54, 1.807) is 0 Å². The van der Waals surface area contributed by atoms with Crippen LogP contribution in [0.15, 0.2) is 48.5 Å². The van der Waals surface area contributed by atoms with Crippen molar-refractivity contribution in [3.8, 4) is 0 Å². The number of carbonyl (C=O) groups excluding carboxylic acids is 1. The molecule has 0 fully saturated rings. The molecule has 0 aliphatic rings. The van der Waals surface area contributed by atoms with E-state index in [-0.39, 0.29) is 11.9 Å². The fraction of sp³-hybridized carbons (Fsp3) is 0.417. The molecule has 1 aromatic heterocycles. The number of fused-ring (bicyclic) bond motifs is 1. The Bertz CT molecular complexity index is 959. The van der Waals surface area contributed by atoms with Crippen molar-refractivity contribution in [3.63, 3.8) is 0 Å². The quantitative estimate of drug-likeness (QED) is 0.600. The Morgan fingerprint density at radius 3 is 2.38 bits per heavy atom. The number of hydrogen-bond donors (Lipinski definition) is 1. The Balaban J connectivity index is 1.72. The van der Waals surface area contributed by atoms with E-state index in [0.29, 0.717) is 11.6 Å². The lowest BCUT2D eigenvalue weighted by Crippen LogP contribution is -2.30. The van der Waals surface area contributed by atoms with Crippen molar-refractivity contribution in [2.24, 2.45) is 0 Å². The highest BCUT2D eigenvalue weighted by Gasteiger charge is 2.18. The Hall–Kier alpha value is -2.66. The van der Waals surface area contributed by atoms with E-state index in [1.165, 1.54) is 5.56 Å². The second-order valence-corrected chi connectivity index (χ2v) is 7.75. The topological polar surface area (TPSA) is 50.2 Å². The monoisotopic (exact) mass is 392 g/mol. The van der Waals surface area contributed by atoms with Crippen LogP contribution in [0, 0.1) is 0 Å². The number of imidazole rings is 1. The number of amides is 1. The number of carbonyl (C=O) groups is 1. The van der Waals surface area contributed by atoms with E-state index < -0.39 is 0 Å². The van der Waals surface area contributed by atoms with Gasteiger partial charge in [0.05, 0.1) is 17.1 Å². The van der Waals surface area contributed by atoms with Crippen molar-refractivity contribution in [2.45, 2.75) is 59.8 Å². The second-order valence-electron chi connectivity index (χ2n) is 7.75. The summed E-state index contributed by atoms with van der Waals surface area (Å²) in [6.07, 6.45) is 0. The summed E-state index contributed by atoms with van der Waals surface area (Å²) in [6.45, 7) is 13.4. The number of aryl methyl sites for hydroxylation is 1. The molecule has 5 nitrogen and oxygen atoms in total. The van der Waals surface area contributed by atoms with E-state index in [2.05, 4.69) is 48.5 Å². The zero-order valence-corrected chi connectivity index (χ0v) is 18.1. The lowest BCUT2D eigenvalue weighted by Gasteiger charge is -2.24. The number of rotatable bonds is 8. The van der Waals surface area contributed by atoms with E-state index in [9.17, 15) is 4.79 Å². The molecule has 0 saturated heterocycles. The summed E-state index contributed by atoms with van der Waals surface area (Å²) in [5.41, 5.74) is 3.95. The van der Waals surface area contributed by atoms with Crippen LogP contribution in [-0.2, 0) is 13.1 Å². The molecule has 1 heterocycles. The molecule has 3 rings (SSSR count). The number of nitrogens with zero attached hydrogens (tertiary/aromatic N) is 3. The first-order valence-corrected chi connectivity index (χ1v) is 10.5. The fourth-order valence-corrected chi connectivity index (χ4v) is 3.76. The Kier molecular flexibility index (Phi) is 6.70. The van der Waals surface area contributed by atoms with Gasteiger partial charge in [0.15, 0.2) is 0 Å². The molecule has 3 aromatic rings. The smallest absolute Gasteiger partial charge is 0.251 e. The second kappa shape index (κ2) is 9.23. The summed E-state index contributed by atoms with van der Waals surface area (Å²) in [5, 5.41) is 3.11. The van der Waals surface area contributed by atoms with Gasteiger partial charge in [-0.1, -0.05) is 31.2 Å². The highest BCUT2D eigenvalue weighted by Crippen LogP contribution is 2.21. The van der Waals surface area contributed by atoms with Crippen LogP contribution >= 0.6 is 0 Å². The molecule has 154 valence electrons. The van der Waals surface area contributed by atoms with Crippen LogP contribution in [0.1, 0.15) is 62.4 Å². The van der Waals surface area contributed by atoms with Crippen LogP contribution < -0.4 is 5.32 Å². The molecule has 1 N–H and O–H groups in total. The van der Waals surface area contributed by atoms with Gasteiger partial charge in [0, 0.05) is 24.7 Å². The molecular formula is C24H32N4O.